The van der Waals surface area contributed by atoms with Crippen LogP contribution in [-0.2, 0) is 17.8 Å². The molecule has 0 saturated heterocycles. The van der Waals surface area contributed by atoms with Crippen molar-refractivity contribution < 1.29 is 19.0 Å². The molecule has 34 heavy (non-hydrogen) atoms. The summed E-state index contributed by atoms with van der Waals surface area (Å²) in [5.74, 6) is 1.82. The summed E-state index contributed by atoms with van der Waals surface area (Å²) in [6, 6.07) is 11.5. The number of rotatable bonds is 8. The lowest BCUT2D eigenvalue weighted by Gasteiger charge is -2.15. The number of nitrogens with one attached hydrogen (secondary N) is 1. The Morgan fingerprint density at radius 2 is 2.03 bits per heavy atom. The highest BCUT2D eigenvalue weighted by molar-refractivity contribution is 5.98. The predicted octanol–water partition coefficient (Wildman–Crippen LogP) is 4.24. The fraction of sp³-hybridized carbons (Fsp3) is 0.320. The van der Waals surface area contributed by atoms with E-state index in [9.17, 15) is 4.79 Å². The van der Waals surface area contributed by atoms with E-state index in [4.69, 9.17) is 19.2 Å². The Kier molecular flexibility index (Phi) is 5.61. The van der Waals surface area contributed by atoms with Gasteiger partial charge in [-0.1, -0.05) is 13.8 Å². The van der Waals surface area contributed by atoms with E-state index < -0.39 is 12.2 Å². The second kappa shape index (κ2) is 8.74. The van der Waals surface area contributed by atoms with Gasteiger partial charge in [0.1, 0.15) is 11.4 Å². The minimum atomic E-state index is -0.638. The molecule has 0 unspecified atom stereocenters. The van der Waals surface area contributed by atoms with Crippen molar-refractivity contribution in [2.75, 3.05) is 19.5 Å². The number of ether oxygens (including phenoxy) is 3. The number of anilines is 1. The smallest absolute Gasteiger partial charge is 0.344 e. The number of carbonyl (C=O) groups excluding carboxylic acids is 1. The molecule has 0 saturated carbocycles. The lowest BCUT2D eigenvalue weighted by Crippen LogP contribution is -2.12. The van der Waals surface area contributed by atoms with E-state index in [0.29, 0.717) is 35.1 Å². The van der Waals surface area contributed by atoms with Crippen molar-refractivity contribution in [2.45, 2.75) is 33.2 Å². The zero-order chi connectivity index (χ0) is 23.8. The maximum absolute atomic E-state index is 12.6. The van der Waals surface area contributed by atoms with E-state index in [1.165, 1.54) is 14.2 Å². The molecule has 5 rings (SSSR count). The van der Waals surface area contributed by atoms with Crippen LogP contribution < -0.4 is 14.8 Å². The van der Waals surface area contributed by atoms with Gasteiger partial charge in [-0.2, -0.15) is 5.10 Å². The number of esters is 1. The summed E-state index contributed by atoms with van der Waals surface area (Å²) in [5, 5.41) is 7.64. The highest BCUT2D eigenvalue weighted by atomic mass is 16.6. The maximum Gasteiger partial charge on any atom is 0.344 e. The minimum absolute atomic E-state index is 0.375. The lowest BCUT2D eigenvalue weighted by molar-refractivity contribution is 0.0435. The molecule has 0 bridgehead atoms. The summed E-state index contributed by atoms with van der Waals surface area (Å²) in [5.41, 5.74) is 3.80. The van der Waals surface area contributed by atoms with E-state index in [0.717, 1.165) is 29.1 Å². The van der Waals surface area contributed by atoms with Crippen molar-refractivity contribution in [2.24, 2.45) is 5.92 Å². The second-order valence-electron chi connectivity index (χ2n) is 8.63. The Morgan fingerprint density at radius 1 is 1.18 bits per heavy atom. The van der Waals surface area contributed by atoms with Gasteiger partial charge in [-0.15, -0.1) is 0 Å². The monoisotopic (exact) mass is 461 g/mol. The zero-order valence-electron chi connectivity index (χ0n) is 19.6. The number of cyclic esters (lactones) is 1. The van der Waals surface area contributed by atoms with Crippen molar-refractivity contribution in [3.8, 4) is 11.5 Å². The maximum atomic E-state index is 12.6. The first kappa shape index (κ1) is 21.8. The average molecular weight is 462 g/mol. The van der Waals surface area contributed by atoms with Crippen molar-refractivity contribution in [1.82, 2.24) is 19.3 Å². The third kappa shape index (κ3) is 3.83. The molecule has 0 aliphatic carbocycles. The zero-order valence-corrected chi connectivity index (χ0v) is 19.6. The van der Waals surface area contributed by atoms with E-state index in [2.05, 4.69) is 28.8 Å². The van der Waals surface area contributed by atoms with Crippen molar-refractivity contribution in [1.29, 1.82) is 0 Å². The summed E-state index contributed by atoms with van der Waals surface area (Å²) < 4.78 is 20.5. The molecule has 1 aliphatic heterocycles. The third-order valence-electron chi connectivity index (χ3n) is 5.82. The molecule has 1 aliphatic rings. The molecule has 3 heterocycles. The van der Waals surface area contributed by atoms with E-state index in [-0.39, 0.29) is 0 Å². The first-order valence-electron chi connectivity index (χ1n) is 11.2. The number of hydrogen-bond donors (Lipinski definition) is 1. The van der Waals surface area contributed by atoms with Crippen LogP contribution in [0.2, 0.25) is 0 Å². The highest BCUT2D eigenvalue weighted by Gasteiger charge is 2.36. The van der Waals surface area contributed by atoms with Crippen LogP contribution in [0.25, 0.3) is 11.0 Å². The summed E-state index contributed by atoms with van der Waals surface area (Å²) in [6.07, 6.45) is 3.06. The molecular weight excluding hydrogens is 434 g/mol. The third-order valence-corrected chi connectivity index (χ3v) is 5.82. The van der Waals surface area contributed by atoms with Crippen LogP contribution in [0.3, 0.4) is 0 Å². The van der Waals surface area contributed by atoms with Crippen molar-refractivity contribution >= 4 is 22.7 Å². The average Bonchev–Trinajstić information content (AvgIpc) is 3.52. The molecule has 176 valence electrons. The normalized spacial score (nSPS) is 15.0. The largest absolute Gasteiger partial charge is 0.493 e. The first-order valence-corrected chi connectivity index (χ1v) is 11.2. The summed E-state index contributed by atoms with van der Waals surface area (Å²) in [6.45, 7) is 5.82. The summed E-state index contributed by atoms with van der Waals surface area (Å²) >= 11 is 0. The van der Waals surface area contributed by atoms with Crippen LogP contribution in [0.1, 0.15) is 41.8 Å². The Balaban J connectivity index is 1.47. The van der Waals surface area contributed by atoms with Gasteiger partial charge in [0.15, 0.2) is 11.5 Å². The van der Waals surface area contributed by atoms with Crippen LogP contribution in [-0.4, -0.2) is 39.5 Å². The van der Waals surface area contributed by atoms with Crippen LogP contribution in [0.4, 0.5) is 5.69 Å². The van der Waals surface area contributed by atoms with Crippen LogP contribution in [0.15, 0.2) is 48.8 Å². The quantitative estimate of drug-likeness (QED) is 0.393. The molecule has 1 N–H and O–H groups in total. The number of imidazole rings is 1. The van der Waals surface area contributed by atoms with Gasteiger partial charge in [0.25, 0.3) is 0 Å². The molecule has 0 fully saturated rings. The fourth-order valence-corrected chi connectivity index (χ4v) is 4.36. The Labute approximate surface area is 197 Å². The first-order chi connectivity index (χ1) is 16.5. The number of carbonyl (C=O) groups is 1. The molecule has 1 atom stereocenters. The number of benzene rings is 2. The van der Waals surface area contributed by atoms with Gasteiger partial charge >= 0.3 is 5.97 Å². The lowest BCUT2D eigenvalue weighted by atomic mass is 10.1. The van der Waals surface area contributed by atoms with E-state index >= 15 is 0 Å². The number of methoxy groups -OCH3 is 2. The summed E-state index contributed by atoms with van der Waals surface area (Å²) in [4.78, 5) is 17.5. The Hall–Kier alpha value is -4.01. The van der Waals surface area contributed by atoms with Gasteiger partial charge in [0.2, 0.25) is 6.23 Å². The molecule has 9 nitrogen and oxygen atoms in total. The SMILES string of the molecule is COc1ccc2c(c1OC)C(=O)O[C@H]2Nc1ccc2c(c1)nc(Cn1cccn1)n2CC(C)C. The molecule has 9 heteroatoms. The Bertz CT molecular complexity index is 1340. The molecule has 0 amide bonds. The molecule has 4 aromatic rings. The topological polar surface area (TPSA) is 92.4 Å². The second-order valence-corrected chi connectivity index (χ2v) is 8.63. The van der Waals surface area contributed by atoms with Gasteiger partial charge in [-0.25, -0.2) is 9.78 Å². The van der Waals surface area contributed by atoms with Gasteiger partial charge < -0.3 is 24.1 Å². The van der Waals surface area contributed by atoms with E-state index in [1.807, 2.05) is 41.2 Å². The molecule has 0 radical (unpaired) electrons. The van der Waals surface area contributed by atoms with Crippen LogP contribution in [0.5, 0.6) is 11.5 Å². The standard InChI is InChI=1S/C25H27N5O4/c1-15(2)13-30-19-8-6-16(12-18(19)28-21(30)14-29-11-5-10-26-29)27-24-17-7-9-20(32-3)23(33-4)22(17)25(31)34-24/h5-12,15,24,27H,13-14H2,1-4H3/t24-/m1/s1. The van der Waals surface area contributed by atoms with Gasteiger partial charge in [-0.3, -0.25) is 4.68 Å². The fourth-order valence-electron chi connectivity index (χ4n) is 4.36. The number of aromatic nitrogens is 4. The van der Waals surface area contributed by atoms with Gasteiger partial charge in [0.05, 0.1) is 31.8 Å². The van der Waals surface area contributed by atoms with Gasteiger partial charge in [0, 0.05) is 30.2 Å². The number of hydrogen-bond acceptors (Lipinski definition) is 7. The highest BCUT2D eigenvalue weighted by Crippen LogP contribution is 2.42. The number of fused-ring (bicyclic) bond motifs is 2. The van der Waals surface area contributed by atoms with Crippen LogP contribution in [0, 0.1) is 5.92 Å². The van der Waals surface area contributed by atoms with Gasteiger partial charge in [-0.05, 0) is 42.3 Å². The number of nitrogens with zero attached hydrogens (tertiary/aromatic N) is 4. The van der Waals surface area contributed by atoms with E-state index in [1.54, 1.807) is 12.3 Å². The Morgan fingerprint density at radius 3 is 2.74 bits per heavy atom. The molecular formula is C25H27N5O4. The molecule has 2 aromatic carbocycles. The summed E-state index contributed by atoms with van der Waals surface area (Å²) in [7, 11) is 3.04. The van der Waals surface area contributed by atoms with Crippen molar-refractivity contribution in [3.63, 3.8) is 0 Å². The minimum Gasteiger partial charge on any atom is -0.493 e. The molecule has 0 spiro atoms. The van der Waals surface area contributed by atoms with Crippen molar-refractivity contribution in [3.05, 3.63) is 65.7 Å². The molecule has 2 aromatic heterocycles. The van der Waals surface area contributed by atoms with Crippen LogP contribution >= 0.6 is 0 Å². The predicted molar refractivity (Wildman–Crippen MR) is 127 cm³/mol.